The molecule has 1 aromatic heterocycles. The van der Waals surface area contributed by atoms with Crippen LogP contribution in [0.5, 0.6) is 0 Å². The Morgan fingerprint density at radius 2 is 1.86 bits per heavy atom. The highest BCUT2D eigenvalue weighted by atomic mass is 35.5. The number of para-hydroxylation sites is 2. The molecule has 2 aromatic carbocycles. The van der Waals surface area contributed by atoms with Crippen molar-refractivity contribution in [1.29, 1.82) is 0 Å². The lowest BCUT2D eigenvalue weighted by Gasteiger charge is -2.34. The summed E-state index contributed by atoms with van der Waals surface area (Å²) >= 11 is 7.82. The third kappa shape index (κ3) is 3.47. The van der Waals surface area contributed by atoms with Crippen LogP contribution in [-0.2, 0) is 11.3 Å². The number of carbonyl (C=O) groups excluding carboxylic acids is 1. The Hall–Kier alpha value is -2.56. The molecule has 0 bridgehead atoms. The van der Waals surface area contributed by atoms with E-state index < -0.39 is 0 Å². The molecule has 1 aliphatic carbocycles. The van der Waals surface area contributed by atoms with Gasteiger partial charge >= 0.3 is 0 Å². The number of nitrogens with one attached hydrogen (secondary N) is 1. The quantitative estimate of drug-likeness (QED) is 0.519. The number of rotatable bonds is 3. The lowest BCUT2D eigenvalue weighted by molar-refractivity contribution is -0.116. The van der Waals surface area contributed by atoms with Crippen molar-refractivity contribution in [3.05, 3.63) is 92.8 Å². The monoisotopic (exact) mass is 420 g/mol. The second-order valence-electron chi connectivity index (χ2n) is 7.48. The van der Waals surface area contributed by atoms with Crippen molar-refractivity contribution < 1.29 is 4.79 Å². The molecule has 1 N–H and O–H groups in total. The van der Waals surface area contributed by atoms with Gasteiger partial charge in [-0.15, -0.1) is 11.3 Å². The zero-order chi connectivity index (χ0) is 19.8. The number of nitrogens with zero attached hydrogens (tertiary/aromatic N) is 1. The van der Waals surface area contributed by atoms with Crippen molar-refractivity contribution in [2.45, 2.75) is 31.8 Å². The Kier molecular flexibility index (Phi) is 4.90. The van der Waals surface area contributed by atoms with Gasteiger partial charge in [0.1, 0.15) is 0 Å². The molecule has 5 rings (SSSR count). The molecule has 29 heavy (non-hydrogen) atoms. The second-order valence-corrected chi connectivity index (χ2v) is 8.90. The van der Waals surface area contributed by atoms with E-state index in [4.69, 9.17) is 11.6 Å². The Morgan fingerprint density at radius 1 is 1.03 bits per heavy atom. The van der Waals surface area contributed by atoms with Crippen molar-refractivity contribution in [3.8, 4) is 0 Å². The van der Waals surface area contributed by atoms with Crippen molar-refractivity contribution in [2.24, 2.45) is 0 Å². The average Bonchev–Trinajstić information content (AvgIpc) is 3.21. The molecule has 2 heterocycles. The fraction of sp³-hybridized carbons (Fsp3) is 0.208. The molecule has 1 atom stereocenters. The normalized spacial score (nSPS) is 18.7. The molecule has 1 aliphatic heterocycles. The van der Waals surface area contributed by atoms with E-state index >= 15 is 0 Å². The number of hydrogen-bond donors (Lipinski definition) is 1. The zero-order valence-electron chi connectivity index (χ0n) is 15.9. The second kappa shape index (κ2) is 7.69. The molecule has 0 saturated heterocycles. The standard InChI is InChI=1S/C24H21ClN2OS/c25-17-12-10-16(11-13-17)15-27-20-7-2-1-5-18(20)26-19-6-3-8-21(28)23(19)24(27)22-9-4-14-29-22/h1-2,4-5,7,9-14,24,26H,3,6,8,15H2/t24-/m0/s1. The Labute approximate surface area is 179 Å². The molecule has 0 spiro atoms. The minimum absolute atomic E-state index is 0.0929. The van der Waals surface area contributed by atoms with Gasteiger partial charge in [-0.2, -0.15) is 0 Å². The lowest BCUT2D eigenvalue weighted by atomic mass is 9.88. The molecule has 2 aliphatic rings. The highest BCUT2D eigenvalue weighted by Crippen LogP contribution is 2.46. The summed E-state index contributed by atoms with van der Waals surface area (Å²) in [6.07, 6.45) is 2.43. The number of benzene rings is 2. The topological polar surface area (TPSA) is 32.3 Å². The van der Waals surface area contributed by atoms with Crippen molar-refractivity contribution in [1.82, 2.24) is 0 Å². The van der Waals surface area contributed by atoms with Crippen LogP contribution in [0.3, 0.4) is 0 Å². The number of hydrogen-bond acceptors (Lipinski definition) is 4. The van der Waals surface area contributed by atoms with Crippen LogP contribution in [0.15, 0.2) is 77.3 Å². The van der Waals surface area contributed by atoms with E-state index in [0.29, 0.717) is 13.0 Å². The van der Waals surface area contributed by atoms with E-state index in [1.54, 1.807) is 11.3 Å². The van der Waals surface area contributed by atoms with Gasteiger partial charge in [0.25, 0.3) is 0 Å². The average molecular weight is 421 g/mol. The zero-order valence-corrected chi connectivity index (χ0v) is 17.5. The van der Waals surface area contributed by atoms with Gasteiger partial charge in [0.15, 0.2) is 5.78 Å². The molecule has 0 radical (unpaired) electrons. The third-order valence-corrected chi connectivity index (χ3v) is 6.80. The molecule has 0 saturated carbocycles. The first-order valence-electron chi connectivity index (χ1n) is 9.87. The fourth-order valence-electron chi connectivity index (χ4n) is 4.30. The summed E-state index contributed by atoms with van der Waals surface area (Å²) in [6.45, 7) is 0.697. The molecular weight excluding hydrogens is 400 g/mol. The predicted octanol–water partition coefficient (Wildman–Crippen LogP) is 6.58. The highest BCUT2D eigenvalue weighted by Gasteiger charge is 2.37. The van der Waals surface area contributed by atoms with Gasteiger partial charge in [-0.1, -0.05) is 41.9 Å². The molecule has 3 nitrogen and oxygen atoms in total. The number of Topliss-reactive ketones (excluding diaryl/α,β-unsaturated/α-hetero) is 1. The summed E-state index contributed by atoms with van der Waals surface area (Å²) in [6, 6.07) is 20.4. The van der Waals surface area contributed by atoms with E-state index in [2.05, 4.69) is 58.1 Å². The number of halogens is 1. The number of fused-ring (bicyclic) bond motifs is 1. The maximum Gasteiger partial charge on any atom is 0.163 e. The van der Waals surface area contributed by atoms with Crippen LogP contribution in [0.4, 0.5) is 11.4 Å². The summed E-state index contributed by atoms with van der Waals surface area (Å²) in [5.74, 6) is 0.256. The van der Waals surface area contributed by atoms with Gasteiger partial charge in [0.05, 0.1) is 17.4 Å². The maximum atomic E-state index is 13.1. The first-order valence-corrected chi connectivity index (χ1v) is 11.1. The van der Waals surface area contributed by atoms with Crippen molar-refractivity contribution in [3.63, 3.8) is 0 Å². The van der Waals surface area contributed by atoms with Gasteiger partial charge in [-0.05, 0) is 54.1 Å². The Balaban J connectivity index is 1.70. The molecule has 3 aromatic rings. The number of ketones is 1. The molecule has 0 fully saturated rings. The van der Waals surface area contributed by atoms with Crippen LogP contribution in [0.25, 0.3) is 0 Å². The smallest absolute Gasteiger partial charge is 0.163 e. The summed E-state index contributed by atoms with van der Waals surface area (Å²) in [5, 5.41) is 6.43. The highest BCUT2D eigenvalue weighted by molar-refractivity contribution is 7.10. The first-order chi connectivity index (χ1) is 14.2. The van der Waals surface area contributed by atoms with Crippen LogP contribution in [-0.4, -0.2) is 5.78 Å². The van der Waals surface area contributed by atoms with E-state index in [-0.39, 0.29) is 11.8 Å². The van der Waals surface area contributed by atoms with E-state index in [1.807, 2.05) is 18.2 Å². The minimum Gasteiger partial charge on any atom is -0.357 e. The molecule has 0 amide bonds. The largest absolute Gasteiger partial charge is 0.357 e. The third-order valence-electron chi connectivity index (χ3n) is 5.62. The number of anilines is 2. The lowest BCUT2D eigenvalue weighted by Crippen LogP contribution is -2.32. The molecule has 5 heteroatoms. The van der Waals surface area contributed by atoms with E-state index in [1.165, 1.54) is 4.88 Å². The Morgan fingerprint density at radius 3 is 2.66 bits per heavy atom. The summed E-state index contributed by atoms with van der Waals surface area (Å²) in [7, 11) is 0. The SMILES string of the molecule is O=C1CCCC2=C1[C@H](c1cccs1)N(Cc1ccc(Cl)cc1)c1ccccc1N2. The molecular formula is C24H21ClN2OS. The first kappa shape index (κ1) is 18.5. The summed E-state index contributed by atoms with van der Waals surface area (Å²) < 4.78 is 0. The fourth-order valence-corrected chi connectivity index (χ4v) is 5.28. The van der Waals surface area contributed by atoms with Crippen molar-refractivity contribution in [2.75, 3.05) is 10.2 Å². The van der Waals surface area contributed by atoms with Gasteiger partial charge in [-0.25, -0.2) is 0 Å². The summed E-state index contributed by atoms with van der Waals surface area (Å²) in [5.41, 5.74) is 5.33. The van der Waals surface area contributed by atoms with Crippen molar-refractivity contribution >= 4 is 40.1 Å². The van der Waals surface area contributed by atoms with Gasteiger partial charge in [0.2, 0.25) is 0 Å². The number of carbonyl (C=O) groups is 1. The molecule has 146 valence electrons. The van der Waals surface area contributed by atoms with Gasteiger partial charge in [0, 0.05) is 34.1 Å². The van der Waals surface area contributed by atoms with Crippen LogP contribution >= 0.6 is 22.9 Å². The van der Waals surface area contributed by atoms with E-state index in [9.17, 15) is 4.79 Å². The molecule has 0 unspecified atom stereocenters. The van der Waals surface area contributed by atoms with Gasteiger partial charge < -0.3 is 10.2 Å². The van der Waals surface area contributed by atoms with E-state index in [0.717, 1.165) is 46.1 Å². The summed E-state index contributed by atoms with van der Waals surface area (Å²) in [4.78, 5) is 16.7. The van der Waals surface area contributed by atoms with Crippen LogP contribution in [0, 0.1) is 0 Å². The van der Waals surface area contributed by atoms with Crippen LogP contribution in [0.1, 0.15) is 35.7 Å². The number of allylic oxidation sites excluding steroid dienone is 1. The predicted molar refractivity (Wildman–Crippen MR) is 121 cm³/mol. The minimum atomic E-state index is -0.0929. The maximum absolute atomic E-state index is 13.1. The number of thiophene rings is 1. The Bertz CT molecular complexity index is 1070. The van der Waals surface area contributed by atoms with Crippen LogP contribution < -0.4 is 10.2 Å². The van der Waals surface area contributed by atoms with Crippen LogP contribution in [0.2, 0.25) is 5.02 Å². The van der Waals surface area contributed by atoms with Gasteiger partial charge in [-0.3, -0.25) is 4.79 Å².